The van der Waals surface area contributed by atoms with Crippen molar-refractivity contribution in [2.45, 2.75) is 58.3 Å². The minimum absolute atomic E-state index is 0.00601. The van der Waals surface area contributed by atoms with Crippen LogP contribution in [0.1, 0.15) is 51.8 Å². The number of thiophene rings is 1. The van der Waals surface area contributed by atoms with Crippen molar-refractivity contribution >= 4 is 17.2 Å². The monoisotopic (exact) mass is 310 g/mol. The number of ether oxygens (including phenoxy) is 1. The number of nitrogens with one attached hydrogen (secondary N) is 1. The first-order valence-corrected chi connectivity index (χ1v) is 8.81. The molecule has 1 aliphatic heterocycles. The van der Waals surface area contributed by atoms with Gasteiger partial charge in [0.2, 0.25) is 5.91 Å². The molecule has 0 spiro atoms. The summed E-state index contributed by atoms with van der Waals surface area (Å²) in [6.45, 7) is 7.49. The van der Waals surface area contributed by atoms with E-state index in [1.54, 1.807) is 11.3 Å². The molecule has 0 radical (unpaired) electrons. The first kappa shape index (κ1) is 16.5. The zero-order valence-corrected chi connectivity index (χ0v) is 14.0. The maximum Gasteiger partial charge on any atom is 0.241 e. The molecular weight excluding hydrogens is 284 g/mol. The van der Waals surface area contributed by atoms with Crippen molar-refractivity contribution in [1.29, 1.82) is 0 Å². The average molecular weight is 310 g/mol. The summed E-state index contributed by atoms with van der Waals surface area (Å²) in [5.74, 6) is 0.214. The normalized spacial score (nSPS) is 23.8. The van der Waals surface area contributed by atoms with Gasteiger partial charge >= 0.3 is 0 Å². The molecule has 1 aliphatic rings. The second kappa shape index (κ2) is 7.92. The predicted octanol–water partition coefficient (Wildman–Crippen LogP) is 3.16. The van der Waals surface area contributed by atoms with E-state index in [4.69, 9.17) is 4.74 Å². The zero-order chi connectivity index (χ0) is 15.2. The van der Waals surface area contributed by atoms with Gasteiger partial charge in [0.25, 0.3) is 0 Å². The summed E-state index contributed by atoms with van der Waals surface area (Å²) in [5.41, 5.74) is 1.18. The number of rotatable bonds is 8. The summed E-state index contributed by atoms with van der Waals surface area (Å²) in [4.78, 5) is 14.6. The Kier molecular flexibility index (Phi) is 6.21. The lowest BCUT2D eigenvalue weighted by Crippen LogP contribution is -2.37. The third-order valence-electron chi connectivity index (χ3n) is 3.86. The van der Waals surface area contributed by atoms with Crippen molar-refractivity contribution < 1.29 is 9.53 Å². The molecule has 0 saturated carbocycles. The molecule has 2 rings (SSSR count). The van der Waals surface area contributed by atoms with Gasteiger partial charge in [-0.2, -0.15) is 11.3 Å². The van der Waals surface area contributed by atoms with Gasteiger partial charge in [-0.25, -0.2) is 0 Å². The Balaban J connectivity index is 2.10. The van der Waals surface area contributed by atoms with Crippen molar-refractivity contribution in [1.82, 2.24) is 10.2 Å². The van der Waals surface area contributed by atoms with Crippen molar-refractivity contribution in [2.75, 3.05) is 13.2 Å². The largest absolute Gasteiger partial charge is 0.377 e. The van der Waals surface area contributed by atoms with Gasteiger partial charge in [-0.15, -0.1) is 0 Å². The molecular formula is C16H26N2O2S. The third kappa shape index (κ3) is 4.05. The summed E-state index contributed by atoms with van der Waals surface area (Å²) in [7, 11) is 0. The van der Waals surface area contributed by atoms with E-state index in [1.165, 1.54) is 5.56 Å². The molecule has 1 fully saturated rings. The SMILES string of the molecule is CCCCC1NC(c2ccsc2)N(CC(C)OCC)C1=O. The Hall–Kier alpha value is -0.910. The minimum atomic E-state index is -0.0522. The molecule has 0 bridgehead atoms. The van der Waals surface area contributed by atoms with Crippen molar-refractivity contribution in [3.8, 4) is 0 Å². The highest BCUT2D eigenvalue weighted by Crippen LogP contribution is 2.29. The van der Waals surface area contributed by atoms with E-state index in [2.05, 4.69) is 29.1 Å². The van der Waals surface area contributed by atoms with Crippen LogP contribution in [0.3, 0.4) is 0 Å². The maximum atomic E-state index is 12.7. The first-order chi connectivity index (χ1) is 10.2. The summed E-state index contributed by atoms with van der Waals surface area (Å²) < 4.78 is 5.62. The lowest BCUT2D eigenvalue weighted by Gasteiger charge is -2.26. The highest BCUT2D eigenvalue weighted by molar-refractivity contribution is 7.07. The standard InChI is InChI=1S/C16H26N2O2S/c1-4-6-7-14-16(19)18(10-12(3)20-5-2)15(17-14)13-8-9-21-11-13/h8-9,11-12,14-15,17H,4-7,10H2,1-3H3. The Morgan fingerprint density at radius 2 is 2.29 bits per heavy atom. The van der Waals surface area contributed by atoms with E-state index in [9.17, 15) is 4.79 Å². The highest BCUT2D eigenvalue weighted by Gasteiger charge is 2.39. The van der Waals surface area contributed by atoms with Gasteiger partial charge in [-0.05, 0) is 42.7 Å². The fourth-order valence-corrected chi connectivity index (χ4v) is 3.49. The van der Waals surface area contributed by atoms with Gasteiger partial charge in [0, 0.05) is 13.2 Å². The fraction of sp³-hybridized carbons (Fsp3) is 0.688. The summed E-state index contributed by atoms with van der Waals surface area (Å²) in [5, 5.41) is 7.68. The molecule has 3 unspecified atom stereocenters. The molecule has 4 nitrogen and oxygen atoms in total. The first-order valence-electron chi connectivity index (χ1n) is 7.87. The Bertz CT molecular complexity index is 435. The number of carbonyl (C=O) groups excluding carboxylic acids is 1. The van der Waals surface area contributed by atoms with Crippen LogP contribution in [0.5, 0.6) is 0 Å². The molecule has 0 aromatic carbocycles. The van der Waals surface area contributed by atoms with Crippen LogP contribution in [0, 0.1) is 0 Å². The molecule has 1 N–H and O–H groups in total. The molecule has 1 saturated heterocycles. The van der Waals surface area contributed by atoms with Crippen LogP contribution >= 0.6 is 11.3 Å². The number of hydrogen-bond acceptors (Lipinski definition) is 4. The molecule has 5 heteroatoms. The van der Waals surface area contributed by atoms with E-state index in [0.29, 0.717) is 13.2 Å². The van der Waals surface area contributed by atoms with Gasteiger partial charge in [0.05, 0.1) is 12.1 Å². The Morgan fingerprint density at radius 1 is 1.48 bits per heavy atom. The fourth-order valence-electron chi connectivity index (χ4n) is 2.81. The molecule has 118 valence electrons. The topological polar surface area (TPSA) is 41.6 Å². The quantitative estimate of drug-likeness (QED) is 0.802. The van der Waals surface area contributed by atoms with Gasteiger partial charge in [-0.3, -0.25) is 10.1 Å². The van der Waals surface area contributed by atoms with Crippen LogP contribution in [-0.2, 0) is 9.53 Å². The number of unbranched alkanes of at least 4 members (excludes halogenated alkanes) is 1. The van der Waals surface area contributed by atoms with Crippen LogP contribution in [0.25, 0.3) is 0 Å². The number of amides is 1. The molecule has 3 atom stereocenters. The smallest absolute Gasteiger partial charge is 0.241 e. The second-order valence-corrected chi connectivity index (χ2v) is 6.36. The highest BCUT2D eigenvalue weighted by atomic mass is 32.1. The zero-order valence-electron chi connectivity index (χ0n) is 13.2. The third-order valence-corrected chi connectivity index (χ3v) is 4.56. The van der Waals surface area contributed by atoms with Crippen molar-refractivity contribution in [3.05, 3.63) is 22.4 Å². The van der Waals surface area contributed by atoms with E-state index in [1.807, 2.05) is 18.7 Å². The number of carbonyl (C=O) groups is 1. The van der Waals surface area contributed by atoms with E-state index >= 15 is 0 Å². The lowest BCUT2D eigenvalue weighted by atomic mass is 10.1. The Labute approximate surface area is 131 Å². The van der Waals surface area contributed by atoms with E-state index in [-0.39, 0.29) is 24.2 Å². The summed E-state index contributed by atoms with van der Waals surface area (Å²) >= 11 is 1.67. The van der Waals surface area contributed by atoms with Crippen LogP contribution in [0.2, 0.25) is 0 Å². The number of nitrogens with zero attached hydrogens (tertiary/aromatic N) is 1. The molecule has 21 heavy (non-hydrogen) atoms. The molecule has 1 amide bonds. The minimum Gasteiger partial charge on any atom is -0.377 e. The molecule has 2 heterocycles. The maximum absolute atomic E-state index is 12.7. The second-order valence-electron chi connectivity index (χ2n) is 5.58. The van der Waals surface area contributed by atoms with Crippen LogP contribution in [0.15, 0.2) is 16.8 Å². The van der Waals surface area contributed by atoms with Gasteiger partial charge in [0.15, 0.2) is 0 Å². The van der Waals surface area contributed by atoms with Gasteiger partial charge in [-0.1, -0.05) is 19.8 Å². The summed E-state index contributed by atoms with van der Waals surface area (Å²) in [6, 6.07) is 2.04. The van der Waals surface area contributed by atoms with Crippen LogP contribution in [-0.4, -0.2) is 36.1 Å². The average Bonchev–Trinajstić information content (AvgIpc) is 3.07. The van der Waals surface area contributed by atoms with Crippen molar-refractivity contribution in [2.24, 2.45) is 0 Å². The van der Waals surface area contributed by atoms with E-state index < -0.39 is 0 Å². The predicted molar refractivity (Wildman–Crippen MR) is 86.3 cm³/mol. The molecule has 1 aromatic rings. The molecule has 0 aliphatic carbocycles. The van der Waals surface area contributed by atoms with Crippen molar-refractivity contribution in [3.63, 3.8) is 0 Å². The van der Waals surface area contributed by atoms with Crippen LogP contribution < -0.4 is 5.32 Å². The lowest BCUT2D eigenvalue weighted by molar-refractivity contribution is -0.132. The Morgan fingerprint density at radius 3 is 2.90 bits per heavy atom. The van der Waals surface area contributed by atoms with Gasteiger partial charge in [0.1, 0.15) is 6.17 Å². The van der Waals surface area contributed by atoms with Crippen LogP contribution in [0.4, 0.5) is 0 Å². The molecule has 1 aromatic heterocycles. The van der Waals surface area contributed by atoms with E-state index in [0.717, 1.165) is 19.3 Å². The summed E-state index contributed by atoms with van der Waals surface area (Å²) in [6.07, 6.45) is 3.16. The number of hydrogen-bond donors (Lipinski definition) is 1. The van der Waals surface area contributed by atoms with Gasteiger partial charge < -0.3 is 9.64 Å².